The van der Waals surface area contributed by atoms with E-state index >= 15 is 0 Å². The first kappa shape index (κ1) is 9.98. The normalized spacial score (nSPS) is 12.9. The minimum atomic E-state index is -0.867. The van der Waals surface area contributed by atoms with Crippen LogP contribution in [0.1, 0.15) is 18.4 Å². The Hall–Kier alpha value is -1.55. The van der Waals surface area contributed by atoms with E-state index in [1.807, 2.05) is 0 Å². The van der Waals surface area contributed by atoms with Gasteiger partial charge in [-0.05, 0) is 24.6 Å². The highest BCUT2D eigenvalue weighted by Gasteiger charge is 2.15. The van der Waals surface area contributed by atoms with Crippen LogP contribution in [0.15, 0.2) is 18.3 Å². The van der Waals surface area contributed by atoms with Crippen molar-refractivity contribution < 1.29 is 9.90 Å². The molecule has 0 saturated heterocycles. The van der Waals surface area contributed by atoms with Crippen LogP contribution in [0.25, 0.3) is 10.9 Å². The summed E-state index contributed by atoms with van der Waals surface area (Å²) in [4.78, 5) is 10.8. The largest absolute Gasteiger partial charge is 0.481 e. The minimum absolute atomic E-state index is 0.494. The Labute approximate surface area is 90.9 Å². The van der Waals surface area contributed by atoms with Crippen molar-refractivity contribution in [3.8, 4) is 0 Å². The van der Waals surface area contributed by atoms with Crippen molar-refractivity contribution >= 4 is 28.5 Å². The number of halogens is 1. The Morgan fingerprint density at radius 2 is 2.33 bits per heavy atom. The summed E-state index contributed by atoms with van der Waals surface area (Å²) in [5.41, 5.74) is 1.42. The lowest BCUT2D eigenvalue weighted by Gasteiger charge is -2.07. The third-order valence-electron chi connectivity index (χ3n) is 2.39. The third-order valence-corrected chi connectivity index (χ3v) is 2.69. The van der Waals surface area contributed by atoms with E-state index in [0.29, 0.717) is 10.6 Å². The second-order valence-electron chi connectivity index (χ2n) is 3.40. The molecule has 0 radical (unpaired) electrons. The molecular weight excluding hydrogens is 216 g/mol. The number of hydrogen-bond acceptors (Lipinski definition) is 2. The summed E-state index contributed by atoms with van der Waals surface area (Å²) in [6, 6.07) is 3.43. The number of benzene rings is 1. The number of carbonyl (C=O) groups is 1. The summed E-state index contributed by atoms with van der Waals surface area (Å²) in [7, 11) is 0. The highest BCUT2D eigenvalue weighted by Crippen LogP contribution is 2.27. The average molecular weight is 225 g/mol. The highest BCUT2D eigenvalue weighted by atomic mass is 35.5. The van der Waals surface area contributed by atoms with Crippen molar-refractivity contribution in [3.05, 3.63) is 28.9 Å². The maximum Gasteiger partial charge on any atom is 0.310 e. The van der Waals surface area contributed by atoms with Gasteiger partial charge in [-0.15, -0.1) is 0 Å². The van der Waals surface area contributed by atoms with E-state index in [1.54, 1.807) is 25.3 Å². The molecule has 2 N–H and O–H groups in total. The Morgan fingerprint density at radius 3 is 3.00 bits per heavy atom. The molecule has 1 aromatic carbocycles. The molecule has 0 aliphatic carbocycles. The molecule has 2 aromatic rings. The monoisotopic (exact) mass is 224 g/mol. The molecule has 0 amide bonds. The molecule has 15 heavy (non-hydrogen) atoms. The van der Waals surface area contributed by atoms with Crippen molar-refractivity contribution in [1.82, 2.24) is 10.2 Å². The fourth-order valence-corrected chi connectivity index (χ4v) is 1.71. The van der Waals surface area contributed by atoms with E-state index in [0.717, 1.165) is 10.9 Å². The van der Waals surface area contributed by atoms with Gasteiger partial charge in [-0.25, -0.2) is 0 Å². The van der Waals surface area contributed by atoms with Gasteiger partial charge >= 0.3 is 5.97 Å². The van der Waals surface area contributed by atoms with E-state index in [-0.39, 0.29) is 0 Å². The molecule has 0 saturated carbocycles. The van der Waals surface area contributed by atoms with Gasteiger partial charge in [0.05, 0.1) is 22.7 Å². The van der Waals surface area contributed by atoms with E-state index in [4.69, 9.17) is 16.7 Å². The van der Waals surface area contributed by atoms with E-state index in [1.165, 1.54) is 0 Å². The molecular formula is C10H9ClN2O2. The van der Waals surface area contributed by atoms with Gasteiger partial charge in [0.15, 0.2) is 0 Å². The van der Waals surface area contributed by atoms with Crippen LogP contribution in [0, 0.1) is 0 Å². The predicted octanol–water partition coefficient (Wildman–Crippen LogP) is 2.40. The van der Waals surface area contributed by atoms with Crippen LogP contribution in [-0.4, -0.2) is 21.3 Å². The fraction of sp³-hybridized carbons (Fsp3) is 0.200. The smallest absolute Gasteiger partial charge is 0.310 e. The van der Waals surface area contributed by atoms with Gasteiger partial charge in [-0.3, -0.25) is 9.89 Å². The first-order valence-electron chi connectivity index (χ1n) is 4.45. The van der Waals surface area contributed by atoms with Crippen LogP contribution in [-0.2, 0) is 4.79 Å². The number of aromatic nitrogens is 2. The fourth-order valence-electron chi connectivity index (χ4n) is 1.43. The second-order valence-corrected chi connectivity index (χ2v) is 3.80. The first-order valence-corrected chi connectivity index (χ1v) is 4.82. The summed E-state index contributed by atoms with van der Waals surface area (Å²) in [5.74, 6) is -1.43. The van der Waals surface area contributed by atoms with Crippen molar-refractivity contribution in [2.75, 3.05) is 0 Å². The summed E-state index contributed by atoms with van der Waals surface area (Å²) in [6.45, 7) is 1.62. The highest BCUT2D eigenvalue weighted by molar-refractivity contribution is 6.35. The number of fused-ring (bicyclic) bond motifs is 1. The maximum absolute atomic E-state index is 10.8. The molecule has 0 aliphatic heterocycles. The molecule has 4 nitrogen and oxygen atoms in total. The number of nitrogens with one attached hydrogen (secondary N) is 1. The zero-order chi connectivity index (χ0) is 11.0. The van der Waals surface area contributed by atoms with Gasteiger partial charge in [0.2, 0.25) is 0 Å². The predicted molar refractivity (Wildman–Crippen MR) is 57.2 cm³/mol. The molecule has 0 bridgehead atoms. The summed E-state index contributed by atoms with van der Waals surface area (Å²) < 4.78 is 0. The Bertz CT molecular complexity index is 521. The van der Waals surface area contributed by atoms with Crippen molar-refractivity contribution in [1.29, 1.82) is 0 Å². The molecule has 1 aromatic heterocycles. The SMILES string of the molecule is CC(C(=O)O)c1cc(Cl)c2[nH]ncc2c1. The van der Waals surface area contributed by atoms with Gasteiger partial charge in [0.1, 0.15) is 0 Å². The van der Waals surface area contributed by atoms with Gasteiger partial charge in [0.25, 0.3) is 0 Å². The molecule has 0 aliphatic rings. The summed E-state index contributed by atoms with van der Waals surface area (Å²) in [6.07, 6.45) is 1.62. The van der Waals surface area contributed by atoms with E-state index in [2.05, 4.69) is 10.2 Å². The number of aliphatic carboxylic acids is 1. The van der Waals surface area contributed by atoms with Gasteiger partial charge in [-0.1, -0.05) is 11.6 Å². The van der Waals surface area contributed by atoms with Gasteiger partial charge in [-0.2, -0.15) is 5.10 Å². The zero-order valence-corrected chi connectivity index (χ0v) is 8.75. The van der Waals surface area contributed by atoms with Crippen LogP contribution >= 0.6 is 11.6 Å². The second kappa shape index (κ2) is 3.55. The van der Waals surface area contributed by atoms with Gasteiger partial charge < -0.3 is 5.11 Å². The van der Waals surface area contributed by atoms with Crippen LogP contribution in [0.4, 0.5) is 0 Å². The van der Waals surface area contributed by atoms with Crippen molar-refractivity contribution in [2.24, 2.45) is 0 Å². The summed E-state index contributed by atoms with van der Waals surface area (Å²) in [5, 5.41) is 16.8. The topological polar surface area (TPSA) is 66.0 Å². The Kier molecular flexibility index (Phi) is 2.36. The van der Waals surface area contributed by atoms with Crippen LogP contribution in [0.2, 0.25) is 5.02 Å². The number of rotatable bonds is 2. The molecule has 1 heterocycles. The number of nitrogens with zero attached hydrogens (tertiary/aromatic N) is 1. The molecule has 5 heteroatoms. The number of carboxylic acids is 1. The van der Waals surface area contributed by atoms with Crippen LogP contribution in [0.3, 0.4) is 0 Å². The number of aromatic amines is 1. The van der Waals surface area contributed by atoms with E-state index in [9.17, 15) is 4.79 Å². The van der Waals surface area contributed by atoms with Crippen molar-refractivity contribution in [3.63, 3.8) is 0 Å². The first-order chi connectivity index (χ1) is 7.09. The standard InChI is InChI=1S/C10H9ClN2O2/c1-5(10(14)15)6-2-7-4-12-13-9(7)8(11)3-6/h2-5H,1H3,(H,12,13)(H,14,15). The number of hydrogen-bond donors (Lipinski definition) is 2. The quantitative estimate of drug-likeness (QED) is 0.823. The lowest BCUT2D eigenvalue weighted by atomic mass is 10.0. The molecule has 1 atom stereocenters. The number of carboxylic acid groups (broad SMARTS) is 1. The van der Waals surface area contributed by atoms with E-state index < -0.39 is 11.9 Å². The molecule has 0 spiro atoms. The molecule has 1 unspecified atom stereocenters. The van der Waals surface area contributed by atoms with Gasteiger partial charge in [0, 0.05) is 5.39 Å². The number of H-pyrrole nitrogens is 1. The average Bonchev–Trinajstić information content (AvgIpc) is 2.64. The molecule has 2 rings (SSSR count). The lowest BCUT2D eigenvalue weighted by Crippen LogP contribution is -2.07. The van der Waals surface area contributed by atoms with Crippen LogP contribution in [0.5, 0.6) is 0 Å². The molecule has 0 fully saturated rings. The maximum atomic E-state index is 10.8. The summed E-state index contributed by atoms with van der Waals surface area (Å²) >= 11 is 5.99. The van der Waals surface area contributed by atoms with Crippen LogP contribution < -0.4 is 0 Å². The third kappa shape index (κ3) is 1.68. The molecule has 78 valence electrons. The Morgan fingerprint density at radius 1 is 1.60 bits per heavy atom. The minimum Gasteiger partial charge on any atom is -0.481 e. The lowest BCUT2D eigenvalue weighted by molar-refractivity contribution is -0.138. The Balaban J connectivity index is 2.58. The zero-order valence-electron chi connectivity index (χ0n) is 7.99. The van der Waals surface area contributed by atoms with Crippen molar-refractivity contribution in [2.45, 2.75) is 12.8 Å².